The number of nitrogens with zero attached hydrogens (tertiary/aromatic N) is 2. The van der Waals surface area contributed by atoms with Gasteiger partial charge in [0.2, 0.25) is 0 Å². The number of benzene rings is 2. The van der Waals surface area contributed by atoms with Crippen molar-refractivity contribution in [2.24, 2.45) is 0 Å². The molecule has 0 aliphatic heterocycles. The van der Waals surface area contributed by atoms with Crippen LogP contribution in [0.3, 0.4) is 0 Å². The molecule has 1 amide bonds. The minimum atomic E-state index is -0.0919. The highest BCUT2D eigenvalue weighted by atomic mass is 16.1. The third kappa shape index (κ3) is 4.20. The molecule has 0 radical (unpaired) electrons. The number of rotatable bonds is 6. The Balaban J connectivity index is 1.70. The van der Waals surface area contributed by atoms with Gasteiger partial charge in [-0.25, -0.2) is 4.98 Å². The van der Waals surface area contributed by atoms with Crippen molar-refractivity contribution in [2.45, 2.75) is 58.8 Å². The van der Waals surface area contributed by atoms with Gasteiger partial charge in [-0.1, -0.05) is 37.0 Å². The number of imidazole rings is 1. The first-order chi connectivity index (χ1) is 14.6. The fourth-order valence-corrected chi connectivity index (χ4v) is 4.46. The molecule has 1 heterocycles. The van der Waals surface area contributed by atoms with Gasteiger partial charge in [-0.2, -0.15) is 0 Å². The highest BCUT2D eigenvalue weighted by Crippen LogP contribution is 2.35. The summed E-state index contributed by atoms with van der Waals surface area (Å²) in [6.07, 6.45) is 6.31. The number of hydrogen-bond donors (Lipinski definition) is 2. The summed E-state index contributed by atoms with van der Waals surface area (Å²) < 4.78 is 0. The molecule has 2 aromatic carbocycles. The maximum Gasteiger partial charge on any atom is 0.255 e. The first-order valence-corrected chi connectivity index (χ1v) is 11.3. The lowest BCUT2D eigenvalue weighted by Gasteiger charge is -2.24. The quantitative estimate of drug-likeness (QED) is 0.528. The van der Waals surface area contributed by atoms with Crippen LogP contribution in [0.15, 0.2) is 36.4 Å². The van der Waals surface area contributed by atoms with E-state index >= 15 is 0 Å². The second-order valence-electron chi connectivity index (χ2n) is 8.34. The number of aromatic nitrogens is 2. The van der Waals surface area contributed by atoms with Crippen molar-refractivity contribution in [1.82, 2.24) is 9.97 Å². The number of H-pyrrole nitrogens is 1. The molecule has 5 nitrogen and oxygen atoms in total. The van der Waals surface area contributed by atoms with Crippen molar-refractivity contribution >= 4 is 28.3 Å². The molecule has 0 atom stereocenters. The number of carbonyl (C=O) groups is 1. The summed E-state index contributed by atoms with van der Waals surface area (Å²) in [6.45, 7) is 8.05. The first kappa shape index (κ1) is 20.5. The van der Waals surface area contributed by atoms with E-state index in [1.165, 1.54) is 32.1 Å². The fraction of sp³-hybridized carbons (Fsp3) is 0.440. The molecule has 0 unspecified atom stereocenters. The highest BCUT2D eigenvalue weighted by Gasteiger charge is 2.21. The molecule has 4 rings (SSSR count). The van der Waals surface area contributed by atoms with Crippen molar-refractivity contribution in [3.8, 4) is 0 Å². The van der Waals surface area contributed by atoms with Crippen LogP contribution in [0.5, 0.6) is 0 Å². The van der Waals surface area contributed by atoms with Crippen molar-refractivity contribution in [1.29, 1.82) is 0 Å². The third-order valence-corrected chi connectivity index (χ3v) is 6.28. The molecule has 2 N–H and O–H groups in total. The van der Waals surface area contributed by atoms with E-state index in [1.54, 1.807) is 0 Å². The van der Waals surface area contributed by atoms with Crippen LogP contribution in [-0.4, -0.2) is 29.0 Å². The molecular weight excluding hydrogens is 372 g/mol. The monoisotopic (exact) mass is 404 g/mol. The molecular formula is C25H32N4O. The zero-order valence-corrected chi connectivity index (χ0v) is 18.3. The average Bonchev–Trinajstić information content (AvgIpc) is 3.19. The molecule has 0 spiro atoms. The Morgan fingerprint density at radius 1 is 1.10 bits per heavy atom. The van der Waals surface area contributed by atoms with Gasteiger partial charge in [-0.15, -0.1) is 0 Å². The van der Waals surface area contributed by atoms with Crippen LogP contribution in [-0.2, 0) is 0 Å². The number of aromatic amines is 1. The Hall–Kier alpha value is -2.82. The van der Waals surface area contributed by atoms with Gasteiger partial charge in [0.05, 0.1) is 22.4 Å². The standard InChI is InChI=1S/C25H32N4O/c1-4-29(5-2)23-16-21-20(26-24(27-21)18-9-7-6-8-10-18)15-22(23)28-25(30)19-13-11-17(3)12-14-19/h11-16,18H,4-10H2,1-3H3,(H,26,27)(H,28,30). The Bertz CT molecular complexity index is 1010. The predicted octanol–water partition coefficient (Wildman–Crippen LogP) is 6.02. The second kappa shape index (κ2) is 8.90. The molecule has 0 saturated heterocycles. The van der Waals surface area contributed by atoms with E-state index in [9.17, 15) is 4.79 Å². The Kier molecular flexibility index (Phi) is 6.07. The SMILES string of the molecule is CCN(CC)c1cc2[nH]c(C3CCCCC3)nc2cc1NC(=O)c1ccc(C)cc1. The summed E-state index contributed by atoms with van der Waals surface area (Å²) in [4.78, 5) is 23.7. The van der Waals surface area contributed by atoms with Crippen LogP contribution in [0.1, 0.15) is 73.6 Å². The normalized spacial score (nSPS) is 14.8. The van der Waals surface area contributed by atoms with Crippen LogP contribution in [0, 0.1) is 6.92 Å². The van der Waals surface area contributed by atoms with E-state index in [1.807, 2.05) is 37.3 Å². The van der Waals surface area contributed by atoms with Gasteiger partial charge in [-0.3, -0.25) is 4.79 Å². The Morgan fingerprint density at radius 3 is 2.47 bits per heavy atom. The van der Waals surface area contributed by atoms with E-state index in [0.29, 0.717) is 11.5 Å². The number of fused-ring (bicyclic) bond motifs is 1. The maximum atomic E-state index is 12.9. The lowest BCUT2D eigenvalue weighted by Crippen LogP contribution is -2.24. The summed E-state index contributed by atoms with van der Waals surface area (Å²) >= 11 is 0. The van der Waals surface area contributed by atoms with Gasteiger partial charge >= 0.3 is 0 Å². The van der Waals surface area contributed by atoms with Crippen LogP contribution in [0.2, 0.25) is 0 Å². The van der Waals surface area contributed by atoms with Gasteiger partial charge in [0.25, 0.3) is 5.91 Å². The Labute approximate surface area is 178 Å². The average molecular weight is 405 g/mol. The van der Waals surface area contributed by atoms with Gasteiger partial charge in [0, 0.05) is 24.6 Å². The van der Waals surface area contributed by atoms with Crippen molar-refractivity contribution < 1.29 is 4.79 Å². The van der Waals surface area contributed by atoms with Crippen molar-refractivity contribution in [3.63, 3.8) is 0 Å². The largest absolute Gasteiger partial charge is 0.370 e. The molecule has 1 fully saturated rings. The zero-order valence-electron chi connectivity index (χ0n) is 18.3. The molecule has 158 valence electrons. The van der Waals surface area contributed by atoms with Crippen molar-refractivity contribution in [2.75, 3.05) is 23.3 Å². The molecule has 5 heteroatoms. The molecule has 1 aliphatic carbocycles. The minimum Gasteiger partial charge on any atom is -0.370 e. The first-order valence-electron chi connectivity index (χ1n) is 11.3. The predicted molar refractivity (Wildman–Crippen MR) is 125 cm³/mol. The number of carbonyl (C=O) groups excluding carboxylic acids is 1. The summed E-state index contributed by atoms with van der Waals surface area (Å²) in [6, 6.07) is 11.8. The summed E-state index contributed by atoms with van der Waals surface area (Å²) in [7, 11) is 0. The second-order valence-corrected chi connectivity index (χ2v) is 8.34. The van der Waals surface area contributed by atoms with Gasteiger partial charge < -0.3 is 15.2 Å². The van der Waals surface area contributed by atoms with Gasteiger partial charge in [-0.05, 0) is 57.9 Å². The van der Waals surface area contributed by atoms with Crippen molar-refractivity contribution in [3.05, 3.63) is 53.3 Å². The molecule has 1 saturated carbocycles. The third-order valence-electron chi connectivity index (χ3n) is 6.28. The minimum absolute atomic E-state index is 0.0919. The number of aryl methyl sites for hydroxylation is 1. The van der Waals surface area contributed by atoms with E-state index in [2.05, 4.69) is 35.1 Å². The Morgan fingerprint density at radius 2 is 1.80 bits per heavy atom. The van der Waals surface area contributed by atoms with Gasteiger partial charge in [0.1, 0.15) is 5.82 Å². The van der Waals surface area contributed by atoms with Gasteiger partial charge in [0.15, 0.2) is 0 Å². The number of nitrogens with one attached hydrogen (secondary N) is 2. The molecule has 3 aromatic rings. The maximum absolute atomic E-state index is 12.9. The van der Waals surface area contributed by atoms with Crippen LogP contribution in [0.25, 0.3) is 11.0 Å². The number of hydrogen-bond acceptors (Lipinski definition) is 3. The highest BCUT2D eigenvalue weighted by molar-refractivity contribution is 6.07. The number of amides is 1. The van der Waals surface area contributed by atoms with Crippen LogP contribution in [0.4, 0.5) is 11.4 Å². The zero-order chi connectivity index (χ0) is 21.1. The molecule has 1 aromatic heterocycles. The van der Waals surface area contributed by atoms with Crippen LogP contribution >= 0.6 is 0 Å². The molecule has 30 heavy (non-hydrogen) atoms. The van der Waals surface area contributed by atoms with Crippen LogP contribution < -0.4 is 10.2 Å². The fourth-order valence-electron chi connectivity index (χ4n) is 4.46. The molecule has 0 bridgehead atoms. The lowest BCUT2D eigenvalue weighted by molar-refractivity contribution is 0.102. The summed E-state index contributed by atoms with van der Waals surface area (Å²) in [5.41, 5.74) is 5.63. The van der Waals surface area contributed by atoms with E-state index in [4.69, 9.17) is 4.98 Å². The summed E-state index contributed by atoms with van der Waals surface area (Å²) in [5, 5.41) is 3.14. The van der Waals surface area contributed by atoms with E-state index in [-0.39, 0.29) is 5.91 Å². The lowest BCUT2D eigenvalue weighted by atomic mass is 9.89. The molecule has 1 aliphatic rings. The van der Waals surface area contributed by atoms with E-state index in [0.717, 1.165) is 46.9 Å². The van der Waals surface area contributed by atoms with E-state index < -0.39 is 0 Å². The number of anilines is 2. The topological polar surface area (TPSA) is 61.0 Å². The summed E-state index contributed by atoms with van der Waals surface area (Å²) in [5.74, 6) is 1.52. The smallest absolute Gasteiger partial charge is 0.255 e.